The van der Waals surface area contributed by atoms with Crippen LogP contribution in [0.3, 0.4) is 0 Å². The average molecular weight is 611 g/mol. The zero-order chi connectivity index (χ0) is 32.3. The van der Waals surface area contributed by atoms with Crippen molar-refractivity contribution >= 4 is 55.3 Å². The number of aromatic nitrogens is 2. The number of rotatable bonds is 4. The van der Waals surface area contributed by atoms with E-state index in [-0.39, 0.29) is 6.04 Å². The van der Waals surface area contributed by atoms with Gasteiger partial charge < -0.3 is 4.57 Å². The average Bonchev–Trinajstić information content (AvgIpc) is 3.66. The van der Waals surface area contributed by atoms with Crippen LogP contribution < -0.4 is 0 Å². The quantitative estimate of drug-likeness (QED) is 0.140. The molecule has 1 atom stereocenters. The minimum Gasteiger partial charge on any atom is -0.309 e. The maximum Gasteiger partial charge on any atom is 0.230 e. The summed E-state index contributed by atoms with van der Waals surface area (Å²) in [7, 11) is 0. The predicted octanol–water partition coefficient (Wildman–Crippen LogP) is 11.4. The molecule has 0 amide bonds. The van der Waals surface area contributed by atoms with Crippen molar-refractivity contribution in [1.82, 2.24) is 9.13 Å². The van der Waals surface area contributed by atoms with Crippen molar-refractivity contribution < 1.29 is 0 Å². The summed E-state index contributed by atoms with van der Waals surface area (Å²) in [5.41, 5.74) is 8.79. The second-order valence-corrected chi connectivity index (χ2v) is 11.5. The number of para-hydroxylation sites is 3. The number of hydrogen-bond acceptors (Lipinski definition) is 1. The van der Waals surface area contributed by atoms with Gasteiger partial charge in [-0.1, -0.05) is 135 Å². The molecule has 0 aliphatic heterocycles. The van der Waals surface area contributed by atoms with Crippen molar-refractivity contribution in [3.8, 4) is 5.69 Å². The first-order chi connectivity index (χ1) is 23.2. The van der Waals surface area contributed by atoms with Gasteiger partial charge in [-0.25, -0.2) is 9.98 Å². The van der Waals surface area contributed by atoms with Gasteiger partial charge in [0.15, 0.2) is 0 Å². The van der Waals surface area contributed by atoms with E-state index in [1.165, 1.54) is 27.1 Å². The highest BCUT2D eigenvalue weighted by molar-refractivity contribution is 6.28. The van der Waals surface area contributed by atoms with Crippen LogP contribution in [0.4, 0.5) is 0 Å². The first kappa shape index (κ1) is 29.9. The second kappa shape index (κ2) is 12.9. The summed E-state index contributed by atoms with van der Waals surface area (Å²) >= 11 is 0. The number of benzene rings is 6. The molecule has 1 unspecified atom stereocenters. The molecular weight excluding hydrogens is 573 g/mol. The number of aliphatic imine (C=N–C) groups is 2. The maximum atomic E-state index is 5.39. The van der Waals surface area contributed by atoms with Crippen LogP contribution in [0.25, 0.3) is 49.3 Å². The van der Waals surface area contributed by atoms with Crippen LogP contribution in [0, 0.1) is 0 Å². The molecule has 0 aliphatic rings. The van der Waals surface area contributed by atoms with Crippen molar-refractivity contribution in [3.63, 3.8) is 0 Å². The monoisotopic (exact) mass is 610 g/mol. The standard InChI is InChI=1S/C41H32N4.C2H6/c1-28(30-16-6-3-7-17-30)42-41(43-29(2)31-18-8-4-9-19-31)45-36-24-14-12-22-33(36)34-26-27-38-39(40(34)45)35-23-13-15-25-37(35)44(38)32-20-10-5-11-21-32;1-2/h3-28H,1-2H3;1-2H3/b42-41?,43-29+;. The molecule has 2 heterocycles. The Morgan fingerprint density at radius 1 is 0.553 bits per heavy atom. The fourth-order valence-electron chi connectivity index (χ4n) is 6.58. The first-order valence-corrected chi connectivity index (χ1v) is 16.4. The Kier molecular flexibility index (Phi) is 8.24. The third kappa shape index (κ3) is 5.32. The normalized spacial score (nSPS) is 12.9. The predicted molar refractivity (Wildman–Crippen MR) is 201 cm³/mol. The van der Waals surface area contributed by atoms with E-state index < -0.39 is 0 Å². The third-order valence-corrected chi connectivity index (χ3v) is 8.73. The molecule has 8 aromatic rings. The molecule has 0 N–H and O–H groups in total. The van der Waals surface area contributed by atoms with Gasteiger partial charge in [-0.2, -0.15) is 0 Å². The van der Waals surface area contributed by atoms with Gasteiger partial charge in [-0.05, 0) is 55.3 Å². The zero-order valence-electron chi connectivity index (χ0n) is 27.3. The highest BCUT2D eigenvalue weighted by atomic mass is 15.2. The van der Waals surface area contributed by atoms with E-state index in [1.54, 1.807) is 0 Å². The molecule has 6 aromatic carbocycles. The zero-order valence-corrected chi connectivity index (χ0v) is 27.3. The molecule has 0 bridgehead atoms. The van der Waals surface area contributed by atoms with Crippen LogP contribution in [0.1, 0.15) is 44.9 Å². The van der Waals surface area contributed by atoms with Crippen molar-refractivity contribution in [1.29, 1.82) is 0 Å². The third-order valence-electron chi connectivity index (χ3n) is 8.73. The molecule has 0 saturated heterocycles. The molecule has 8 rings (SSSR count). The van der Waals surface area contributed by atoms with Crippen LogP contribution in [-0.2, 0) is 0 Å². The SMILES string of the molecule is C/C(=N\C(=NC(C)c1ccccc1)n1c2ccccc2c2ccc3c(c4ccccc4n3-c3ccccc3)c21)c1ccccc1.CC. The van der Waals surface area contributed by atoms with Crippen molar-refractivity contribution in [2.24, 2.45) is 9.98 Å². The molecular formula is C43H38N4. The molecule has 0 aliphatic carbocycles. The number of fused-ring (bicyclic) bond motifs is 7. The van der Waals surface area contributed by atoms with Crippen LogP contribution in [0.2, 0.25) is 0 Å². The Hall–Kier alpha value is -5.74. The minimum atomic E-state index is -0.102. The molecule has 4 nitrogen and oxygen atoms in total. The minimum absolute atomic E-state index is 0.102. The summed E-state index contributed by atoms with van der Waals surface area (Å²) in [6.07, 6.45) is 0. The van der Waals surface area contributed by atoms with Gasteiger partial charge >= 0.3 is 0 Å². The highest BCUT2D eigenvalue weighted by Crippen LogP contribution is 2.41. The largest absolute Gasteiger partial charge is 0.309 e. The van der Waals surface area contributed by atoms with Gasteiger partial charge in [0, 0.05) is 32.9 Å². The highest BCUT2D eigenvalue weighted by Gasteiger charge is 2.22. The summed E-state index contributed by atoms with van der Waals surface area (Å²) in [6, 6.07) is 53.2. The van der Waals surface area contributed by atoms with Crippen LogP contribution in [0.15, 0.2) is 162 Å². The Bertz CT molecular complexity index is 2380. The maximum absolute atomic E-state index is 5.39. The van der Waals surface area contributed by atoms with Gasteiger partial charge in [-0.15, -0.1) is 0 Å². The topological polar surface area (TPSA) is 34.6 Å². The van der Waals surface area contributed by atoms with Crippen molar-refractivity contribution in [2.75, 3.05) is 0 Å². The van der Waals surface area contributed by atoms with Crippen LogP contribution in [0.5, 0.6) is 0 Å². The molecule has 0 radical (unpaired) electrons. The molecule has 230 valence electrons. The first-order valence-electron chi connectivity index (χ1n) is 16.4. The summed E-state index contributed by atoms with van der Waals surface area (Å²) in [5.74, 6) is 0.669. The lowest BCUT2D eigenvalue weighted by Gasteiger charge is -2.14. The second-order valence-electron chi connectivity index (χ2n) is 11.5. The van der Waals surface area contributed by atoms with E-state index in [4.69, 9.17) is 9.98 Å². The van der Waals surface area contributed by atoms with Crippen molar-refractivity contribution in [2.45, 2.75) is 33.7 Å². The summed E-state index contributed by atoms with van der Waals surface area (Å²) in [4.78, 5) is 10.7. The van der Waals surface area contributed by atoms with E-state index in [0.29, 0.717) is 5.96 Å². The Labute approximate surface area is 276 Å². The molecule has 0 spiro atoms. The van der Waals surface area contributed by atoms with Gasteiger partial charge in [0.2, 0.25) is 5.96 Å². The van der Waals surface area contributed by atoms with Crippen LogP contribution in [-0.4, -0.2) is 20.8 Å². The van der Waals surface area contributed by atoms with Gasteiger partial charge in [0.1, 0.15) is 0 Å². The number of nitrogens with zero attached hydrogens (tertiary/aromatic N) is 4. The Balaban J connectivity index is 0.00000172. The Morgan fingerprint density at radius 3 is 1.83 bits per heavy atom. The molecule has 47 heavy (non-hydrogen) atoms. The summed E-state index contributed by atoms with van der Waals surface area (Å²) in [6.45, 7) is 8.22. The fourth-order valence-corrected chi connectivity index (χ4v) is 6.58. The fraction of sp³-hybridized carbons (Fsp3) is 0.116. The molecule has 0 fully saturated rings. The van der Waals surface area contributed by atoms with E-state index in [9.17, 15) is 0 Å². The van der Waals surface area contributed by atoms with E-state index in [1.807, 2.05) is 26.0 Å². The van der Waals surface area contributed by atoms with E-state index in [2.05, 4.69) is 163 Å². The van der Waals surface area contributed by atoms with Gasteiger partial charge in [-0.3, -0.25) is 4.57 Å². The molecule has 2 aromatic heterocycles. The summed E-state index contributed by atoms with van der Waals surface area (Å²) < 4.78 is 4.66. The lowest BCUT2D eigenvalue weighted by molar-refractivity contribution is 0.810. The van der Waals surface area contributed by atoms with E-state index in [0.717, 1.165) is 39.1 Å². The van der Waals surface area contributed by atoms with E-state index >= 15 is 0 Å². The Morgan fingerprint density at radius 2 is 1.13 bits per heavy atom. The van der Waals surface area contributed by atoms with Gasteiger partial charge in [0.25, 0.3) is 0 Å². The smallest absolute Gasteiger partial charge is 0.230 e. The number of hydrogen-bond donors (Lipinski definition) is 0. The lowest BCUT2D eigenvalue weighted by Crippen LogP contribution is -2.14. The summed E-state index contributed by atoms with van der Waals surface area (Å²) in [5, 5.41) is 4.75. The molecule has 4 heteroatoms. The van der Waals surface area contributed by atoms with Gasteiger partial charge in [0.05, 0.1) is 28.1 Å². The van der Waals surface area contributed by atoms with Crippen LogP contribution >= 0.6 is 0 Å². The lowest BCUT2D eigenvalue weighted by atomic mass is 10.1. The van der Waals surface area contributed by atoms with Crippen molar-refractivity contribution in [3.05, 3.63) is 163 Å². The molecule has 0 saturated carbocycles.